The van der Waals surface area contributed by atoms with Crippen LogP contribution < -0.4 is 0 Å². The Bertz CT molecular complexity index is 237. The SMILES string of the molecule is C#Cn1cc(C)c(Cl)n1. The predicted octanol–water partition coefficient (Wildman–Crippen LogP) is 1.28. The standard InChI is InChI=1S/C6H5ClN2/c1-3-9-4-5(2)6(7)8-9/h1,4H,2H3. The van der Waals surface area contributed by atoms with Crippen molar-refractivity contribution < 1.29 is 0 Å². The molecule has 0 atom stereocenters. The van der Waals surface area contributed by atoms with Crippen LogP contribution in [-0.2, 0) is 0 Å². The second kappa shape index (κ2) is 2.12. The highest BCUT2D eigenvalue weighted by Crippen LogP contribution is 2.09. The Hall–Kier alpha value is -0.940. The van der Waals surface area contributed by atoms with Gasteiger partial charge in [0.1, 0.15) is 0 Å². The third-order valence-corrected chi connectivity index (χ3v) is 1.34. The largest absolute Gasteiger partial charge is 0.196 e. The van der Waals surface area contributed by atoms with Crippen molar-refractivity contribution in [1.82, 2.24) is 9.78 Å². The molecule has 46 valence electrons. The number of hydrogen-bond donors (Lipinski definition) is 0. The van der Waals surface area contributed by atoms with Crippen LogP contribution >= 0.6 is 11.6 Å². The van der Waals surface area contributed by atoms with Crippen LogP contribution in [0.1, 0.15) is 5.56 Å². The van der Waals surface area contributed by atoms with Gasteiger partial charge < -0.3 is 0 Å². The van der Waals surface area contributed by atoms with Crippen LogP contribution in [0.3, 0.4) is 0 Å². The molecule has 0 aliphatic heterocycles. The molecule has 0 aliphatic carbocycles. The van der Waals surface area contributed by atoms with E-state index in [1.165, 1.54) is 4.68 Å². The molecule has 0 aliphatic rings. The Balaban J connectivity index is 3.16. The van der Waals surface area contributed by atoms with Crippen molar-refractivity contribution in [2.45, 2.75) is 6.92 Å². The number of terminal acetylenes is 1. The van der Waals surface area contributed by atoms with Gasteiger partial charge in [-0.25, -0.2) is 0 Å². The van der Waals surface area contributed by atoms with E-state index in [2.05, 4.69) is 11.1 Å². The van der Waals surface area contributed by atoms with Gasteiger partial charge in [0.15, 0.2) is 5.15 Å². The Morgan fingerprint density at radius 3 is 2.78 bits per heavy atom. The number of aryl methyl sites for hydroxylation is 1. The Morgan fingerprint density at radius 1 is 1.89 bits per heavy atom. The molecule has 0 N–H and O–H groups in total. The van der Waals surface area contributed by atoms with E-state index in [1.807, 2.05) is 6.92 Å². The molecule has 0 amide bonds. The summed E-state index contributed by atoms with van der Waals surface area (Å²) >= 11 is 5.58. The quantitative estimate of drug-likeness (QED) is 0.497. The first-order chi connectivity index (χ1) is 4.24. The van der Waals surface area contributed by atoms with E-state index in [-0.39, 0.29) is 0 Å². The molecule has 1 rings (SSSR count). The van der Waals surface area contributed by atoms with E-state index in [1.54, 1.807) is 6.20 Å². The van der Waals surface area contributed by atoms with Crippen molar-refractivity contribution in [2.75, 3.05) is 0 Å². The number of halogens is 1. The summed E-state index contributed by atoms with van der Waals surface area (Å²) < 4.78 is 1.34. The molecule has 0 aromatic carbocycles. The summed E-state index contributed by atoms with van der Waals surface area (Å²) in [5.74, 6) is 0. The van der Waals surface area contributed by atoms with Crippen molar-refractivity contribution >= 4 is 11.6 Å². The average Bonchev–Trinajstić information content (AvgIpc) is 2.13. The summed E-state index contributed by atoms with van der Waals surface area (Å²) in [5.41, 5.74) is 0.898. The highest BCUT2D eigenvalue weighted by atomic mass is 35.5. The van der Waals surface area contributed by atoms with Crippen molar-refractivity contribution in [3.8, 4) is 12.5 Å². The smallest absolute Gasteiger partial charge is 0.155 e. The zero-order valence-electron chi connectivity index (χ0n) is 4.93. The van der Waals surface area contributed by atoms with E-state index in [0.29, 0.717) is 5.15 Å². The van der Waals surface area contributed by atoms with Crippen LogP contribution in [-0.4, -0.2) is 9.78 Å². The first-order valence-corrected chi connectivity index (χ1v) is 2.80. The minimum atomic E-state index is 0.466. The topological polar surface area (TPSA) is 17.8 Å². The summed E-state index contributed by atoms with van der Waals surface area (Å²) in [7, 11) is 0. The molecule has 0 saturated heterocycles. The fourth-order valence-electron chi connectivity index (χ4n) is 0.505. The summed E-state index contributed by atoms with van der Waals surface area (Å²) in [6.07, 6.45) is 6.72. The maximum absolute atomic E-state index is 5.58. The minimum Gasteiger partial charge on any atom is -0.196 e. The predicted molar refractivity (Wildman–Crippen MR) is 36.2 cm³/mol. The number of aromatic nitrogens is 2. The molecule has 1 aromatic heterocycles. The summed E-state index contributed by atoms with van der Waals surface area (Å²) in [5, 5.41) is 4.24. The molecule has 0 saturated carbocycles. The van der Waals surface area contributed by atoms with Crippen LogP contribution in [0.15, 0.2) is 6.20 Å². The molecule has 0 radical (unpaired) electrons. The summed E-state index contributed by atoms with van der Waals surface area (Å²) in [6.45, 7) is 1.85. The zero-order valence-corrected chi connectivity index (χ0v) is 5.68. The Labute approximate surface area is 58.4 Å². The average molecular weight is 141 g/mol. The van der Waals surface area contributed by atoms with Gasteiger partial charge in [0.25, 0.3) is 0 Å². The third kappa shape index (κ3) is 1.06. The van der Waals surface area contributed by atoms with Gasteiger partial charge in [-0.15, -0.1) is 5.10 Å². The second-order valence-electron chi connectivity index (χ2n) is 1.68. The van der Waals surface area contributed by atoms with E-state index in [9.17, 15) is 0 Å². The van der Waals surface area contributed by atoms with Gasteiger partial charge >= 0.3 is 0 Å². The van der Waals surface area contributed by atoms with Crippen molar-refractivity contribution in [3.05, 3.63) is 16.9 Å². The lowest BCUT2D eigenvalue weighted by Gasteiger charge is -1.77. The fourth-order valence-corrected chi connectivity index (χ4v) is 0.635. The van der Waals surface area contributed by atoms with Crippen molar-refractivity contribution in [3.63, 3.8) is 0 Å². The zero-order chi connectivity index (χ0) is 6.85. The highest BCUT2D eigenvalue weighted by molar-refractivity contribution is 6.30. The summed E-state index contributed by atoms with van der Waals surface area (Å²) in [4.78, 5) is 0. The molecule has 0 spiro atoms. The molecule has 0 unspecified atom stereocenters. The molecular weight excluding hydrogens is 136 g/mol. The van der Waals surface area contributed by atoms with E-state index < -0.39 is 0 Å². The van der Waals surface area contributed by atoms with Crippen LogP contribution in [0.4, 0.5) is 0 Å². The van der Waals surface area contributed by atoms with Crippen molar-refractivity contribution in [1.29, 1.82) is 0 Å². The molecule has 0 fully saturated rings. The number of rotatable bonds is 0. The lowest BCUT2D eigenvalue weighted by Crippen LogP contribution is -1.85. The first kappa shape index (κ1) is 6.18. The summed E-state index contributed by atoms with van der Waals surface area (Å²) in [6, 6.07) is 2.31. The van der Waals surface area contributed by atoms with Gasteiger partial charge in [-0.2, -0.15) is 4.68 Å². The van der Waals surface area contributed by atoms with Crippen LogP contribution in [0.5, 0.6) is 0 Å². The first-order valence-electron chi connectivity index (χ1n) is 2.42. The molecule has 2 nitrogen and oxygen atoms in total. The normalized spacial score (nSPS) is 9.00. The number of hydrogen-bond acceptors (Lipinski definition) is 1. The maximum Gasteiger partial charge on any atom is 0.155 e. The van der Waals surface area contributed by atoms with E-state index in [0.717, 1.165) is 5.56 Å². The van der Waals surface area contributed by atoms with Gasteiger partial charge in [0.2, 0.25) is 0 Å². The van der Waals surface area contributed by atoms with Crippen LogP contribution in [0.2, 0.25) is 5.15 Å². The van der Waals surface area contributed by atoms with Gasteiger partial charge in [0, 0.05) is 17.8 Å². The maximum atomic E-state index is 5.58. The van der Waals surface area contributed by atoms with E-state index >= 15 is 0 Å². The lowest BCUT2D eigenvalue weighted by molar-refractivity contribution is 0.918. The van der Waals surface area contributed by atoms with Gasteiger partial charge in [-0.3, -0.25) is 0 Å². The highest BCUT2D eigenvalue weighted by Gasteiger charge is 1.97. The van der Waals surface area contributed by atoms with Crippen molar-refractivity contribution in [2.24, 2.45) is 0 Å². The van der Waals surface area contributed by atoms with Gasteiger partial charge in [-0.1, -0.05) is 18.0 Å². The van der Waals surface area contributed by atoms with Gasteiger partial charge in [0.05, 0.1) is 0 Å². The Kier molecular flexibility index (Phi) is 1.46. The molecule has 1 heterocycles. The minimum absolute atomic E-state index is 0.466. The van der Waals surface area contributed by atoms with E-state index in [4.69, 9.17) is 18.0 Å². The van der Waals surface area contributed by atoms with Gasteiger partial charge in [-0.05, 0) is 6.92 Å². The molecule has 0 bridgehead atoms. The fraction of sp³-hybridized carbons (Fsp3) is 0.167. The molecule has 1 aromatic rings. The van der Waals surface area contributed by atoms with Crippen LogP contribution in [0.25, 0.3) is 0 Å². The Morgan fingerprint density at radius 2 is 2.56 bits per heavy atom. The third-order valence-electron chi connectivity index (χ3n) is 0.969. The monoisotopic (exact) mass is 140 g/mol. The molecule has 3 heteroatoms. The second-order valence-corrected chi connectivity index (χ2v) is 2.03. The van der Waals surface area contributed by atoms with Crippen LogP contribution in [0, 0.1) is 19.4 Å². The molecule has 9 heavy (non-hydrogen) atoms. The molecular formula is C6H5ClN2. The lowest BCUT2D eigenvalue weighted by atomic mass is 10.4. The number of nitrogens with zero attached hydrogens (tertiary/aromatic N) is 2.